The van der Waals surface area contributed by atoms with Crippen molar-refractivity contribution in [3.8, 4) is 33.4 Å². The van der Waals surface area contributed by atoms with Crippen molar-refractivity contribution in [2.45, 2.75) is 79.3 Å². The van der Waals surface area contributed by atoms with Gasteiger partial charge in [0.1, 0.15) is 0 Å². The van der Waals surface area contributed by atoms with E-state index in [9.17, 15) is 0 Å². The number of hydrogen-bond acceptors (Lipinski definition) is 0. The summed E-state index contributed by atoms with van der Waals surface area (Å²) in [4.78, 5) is 0. The minimum absolute atomic E-state index is 0.163. The molecular formula is C56H56Cl2SiZr. The summed E-state index contributed by atoms with van der Waals surface area (Å²) in [7, 11) is 11.0. The maximum absolute atomic E-state index is 4.93. The molecule has 0 heterocycles. The summed E-state index contributed by atoms with van der Waals surface area (Å²) in [6, 6.07) is 58.4. The van der Waals surface area contributed by atoms with Crippen LogP contribution in [-0.2, 0) is 31.7 Å². The standard InChI is InChI=1S/C33H27.C21H23.C2H6Si.2ClH.Zr/c1-33(2,3)26-17-14-23(15-18-26)28-11-6-9-24-20-25(21-32(24)28)29-12-7-13-30-27-10-5-4-8-22(27)16-19-31(29)30;1-14-12-19-15(2)6-11-18(20(19)13-14)16-7-9-17(10-8-16)21(3,4)5;1-3-2;;;/h4-21H,1-3H3;6-13H,1-5H3;1-2H3;2*1H;/q2*-1;;;;+4/p-2. The van der Waals surface area contributed by atoms with Crippen molar-refractivity contribution >= 4 is 69.6 Å². The summed E-state index contributed by atoms with van der Waals surface area (Å²) in [5, 5.41) is 10.6. The van der Waals surface area contributed by atoms with Crippen LogP contribution in [0, 0.1) is 13.8 Å². The molecule has 0 aromatic heterocycles. The van der Waals surface area contributed by atoms with E-state index in [0.717, 1.165) is 9.52 Å². The molecule has 302 valence electrons. The first-order chi connectivity index (χ1) is 28.7. The Morgan fingerprint density at radius 1 is 0.483 bits per heavy atom. The van der Waals surface area contributed by atoms with Gasteiger partial charge in [-0.2, -0.15) is 6.07 Å². The van der Waals surface area contributed by atoms with Gasteiger partial charge in [0.25, 0.3) is 0 Å². The van der Waals surface area contributed by atoms with Crippen molar-refractivity contribution in [2.75, 3.05) is 0 Å². The molecule has 0 saturated carbocycles. The van der Waals surface area contributed by atoms with Gasteiger partial charge in [-0.05, 0) is 54.6 Å². The molecule has 0 aliphatic heterocycles. The fourth-order valence-electron chi connectivity index (χ4n) is 8.07. The van der Waals surface area contributed by atoms with Gasteiger partial charge in [0.2, 0.25) is 0 Å². The average molecular weight is 919 g/mol. The van der Waals surface area contributed by atoms with Crippen molar-refractivity contribution in [1.82, 2.24) is 0 Å². The molecule has 0 saturated heterocycles. The van der Waals surface area contributed by atoms with Crippen LogP contribution in [0.25, 0.3) is 76.5 Å². The Balaban J connectivity index is 0.000000192. The third-order valence-corrected chi connectivity index (χ3v) is 11.2. The second-order valence-electron chi connectivity index (χ2n) is 17.8. The Kier molecular flexibility index (Phi) is 15.0. The molecule has 0 unspecified atom stereocenters. The Bertz CT molecular complexity index is 2820. The van der Waals surface area contributed by atoms with Crippen LogP contribution in [0.4, 0.5) is 0 Å². The normalized spacial score (nSPS) is 11.3. The molecule has 0 spiro atoms. The summed E-state index contributed by atoms with van der Waals surface area (Å²) >= 11 is -0.826. The van der Waals surface area contributed by atoms with Crippen LogP contribution in [0.1, 0.15) is 63.8 Å². The predicted molar refractivity (Wildman–Crippen MR) is 266 cm³/mol. The van der Waals surface area contributed by atoms with Crippen molar-refractivity contribution in [2.24, 2.45) is 0 Å². The van der Waals surface area contributed by atoms with E-state index in [1.54, 1.807) is 0 Å². The first-order valence-electron chi connectivity index (χ1n) is 20.7. The average Bonchev–Trinajstić information content (AvgIpc) is 3.85. The first kappa shape index (κ1) is 45.5. The second-order valence-corrected chi connectivity index (χ2v) is 22.5. The third-order valence-electron chi connectivity index (χ3n) is 11.2. The van der Waals surface area contributed by atoms with Crippen LogP contribution in [0.15, 0.2) is 158 Å². The van der Waals surface area contributed by atoms with Gasteiger partial charge < -0.3 is 0 Å². The Morgan fingerprint density at radius 2 is 1.02 bits per heavy atom. The van der Waals surface area contributed by atoms with Crippen molar-refractivity contribution in [3.05, 3.63) is 180 Å². The van der Waals surface area contributed by atoms with E-state index in [0.29, 0.717) is 0 Å². The van der Waals surface area contributed by atoms with Crippen LogP contribution in [0.3, 0.4) is 0 Å². The van der Waals surface area contributed by atoms with Crippen molar-refractivity contribution in [1.29, 1.82) is 0 Å². The minimum atomic E-state index is -0.826. The van der Waals surface area contributed by atoms with E-state index in [1.165, 1.54) is 98.7 Å². The van der Waals surface area contributed by atoms with Crippen molar-refractivity contribution in [3.63, 3.8) is 0 Å². The van der Waals surface area contributed by atoms with E-state index in [4.69, 9.17) is 17.0 Å². The quantitative estimate of drug-likeness (QED) is 0.0941. The Morgan fingerprint density at radius 3 is 1.62 bits per heavy atom. The van der Waals surface area contributed by atoms with Gasteiger partial charge in [-0.1, -0.05) is 207 Å². The number of aryl methyl sites for hydroxylation is 2. The van der Waals surface area contributed by atoms with Gasteiger partial charge in [-0.3, -0.25) is 0 Å². The summed E-state index contributed by atoms with van der Waals surface area (Å²) in [5.74, 6) is 0. The fourth-order valence-corrected chi connectivity index (χ4v) is 8.07. The van der Waals surface area contributed by atoms with Gasteiger partial charge in [0.05, 0.1) is 0 Å². The second kappa shape index (κ2) is 19.8. The molecule has 60 heavy (non-hydrogen) atoms. The van der Waals surface area contributed by atoms with E-state index < -0.39 is 20.8 Å². The van der Waals surface area contributed by atoms with Gasteiger partial charge in [0, 0.05) is 9.52 Å². The maximum atomic E-state index is 4.93. The Labute approximate surface area is 380 Å². The van der Waals surface area contributed by atoms with Crippen LogP contribution in [0.2, 0.25) is 13.1 Å². The SMILES string of the molecule is CC(C)(C)c1ccc(-c2cccc3[cH-]c(-c4cccc5c4ccc4ccccc45)cc23)cc1.C[Si]C.Cc1cc2c(-c3ccc(C(C)(C)C)cc3)ccc(C)c2[cH-]1.[Cl][Zr+2][Cl]. The predicted octanol–water partition coefficient (Wildman–Crippen LogP) is 17.8. The third kappa shape index (κ3) is 10.3. The number of halogens is 2. The molecule has 0 aliphatic carbocycles. The molecule has 0 nitrogen and oxygen atoms in total. The molecule has 9 aromatic carbocycles. The van der Waals surface area contributed by atoms with Crippen LogP contribution in [0.5, 0.6) is 0 Å². The van der Waals surface area contributed by atoms with Gasteiger partial charge in [-0.25, -0.2) is 0 Å². The zero-order chi connectivity index (χ0) is 43.2. The zero-order valence-corrected chi connectivity index (χ0v) is 41.7. The topological polar surface area (TPSA) is 0 Å². The van der Waals surface area contributed by atoms with Gasteiger partial charge >= 0.3 is 37.9 Å². The van der Waals surface area contributed by atoms with Crippen molar-refractivity contribution < 1.29 is 20.8 Å². The molecule has 0 aliphatic rings. The molecule has 0 bridgehead atoms. The summed E-state index contributed by atoms with van der Waals surface area (Å²) < 4.78 is 0. The molecule has 0 atom stereocenters. The fraction of sp³-hybridized carbons (Fsp3) is 0.214. The van der Waals surface area contributed by atoms with E-state index in [1.807, 2.05) is 0 Å². The first-order valence-corrected chi connectivity index (χ1v) is 29.0. The molecule has 9 aromatic rings. The van der Waals surface area contributed by atoms with Crippen LogP contribution in [-0.4, -0.2) is 9.52 Å². The number of rotatable bonds is 3. The van der Waals surface area contributed by atoms with Gasteiger partial charge in [-0.15, -0.1) is 68.6 Å². The molecule has 0 N–H and O–H groups in total. The molecule has 0 amide bonds. The molecule has 0 fully saturated rings. The Hall–Kier alpha value is -4.04. The summed E-state index contributed by atoms with van der Waals surface area (Å²) in [6.07, 6.45) is 0. The molecule has 2 radical (unpaired) electrons. The summed E-state index contributed by atoms with van der Waals surface area (Å²) in [6.45, 7) is 22.2. The van der Waals surface area contributed by atoms with E-state index in [2.05, 4.69) is 226 Å². The van der Waals surface area contributed by atoms with E-state index in [-0.39, 0.29) is 10.8 Å². The monoisotopic (exact) mass is 916 g/mol. The van der Waals surface area contributed by atoms with Crippen LogP contribution >= 0.6 is 17.0 Å². The summed E-state index contributed by atoms with van der Waals surface area (Å²) in [5.41, 5.74) is 13.6. The zero-order valence-electron chi connectivity index (χ0n) is 36.8. The van der Waals surface area contributed by atoms with Gasteiger partial charge in [0.15, 0.2) is 0 Å². The number of hydrogen-bond donors (Lipinski definition) is 0. The number of fused-ring (bicyclic) bond motifs is 5. The number of benzene rings is 7. The van der Waals surface area contributed by atoms with Crippen LogP contribution < -0.4 is 0 Å². The molecule has 9 rings (SSSR count). The molecular weight excluding hydrogens is 863 g/mol. The molecule has 4 heteroatoms. The van der Waals surface area contributed by atoms with E-state index >= 15 is 0 Å².